The monoisotopic (exact) mass is 259 g/mol. The lowest BCUT2D eigenvalue weighted by Crippen LogP contribution is -2.55. The highest BCUT2D eigenvalue weighted by Gasteiger charge is 2.28. The van der Waals surface area contributed by atoms with Crippen LogP contribution >= 0.6 is 0 Å². The summed E-state index contributed by atoms with van der Waals surface area (Å²) in [4.78, 5) is 45.9. The number of aliphatic carboxylic acids is 2. The largest absolute Gasteiger partial charge is 0.480 e. The maximum atomic E-state index is 11.9. The molecule has 0 bridgehead atoms. The van der Waals surface area contributed by atoms with Crippen LogP contribution in [-0.4, -0.2) is 76.6 Å². The van der Waals surface area contributed by atoms with E-state index in [9.17, 15) is 19.2 Å². The topological polar surface area (TPSA) is 127 Å². The van der Waals surface area contributed by atoms with Gasteiger partial charge in [0.05, 0.1) is 0 Å². The van der Waals surface area contributed by atoms with Gasteiger partial charge in [-0.25, -0.2) is 4.79 Å². The van der Waals surface area contributed by atoms with Crippen molar-refractivity contribution in [2.75, 3.05) is 32.7 Å². The molecule has 0 aromatic heterocycles. The number of amides is 3. The van der Waals surface area contributed by atoms with E-state index < -0.39 is 31.1 Å². The number of hydrogen-bond donors (Lipinski definition) is 3. The summed E-state index contributed by atoms with van der Waals surface area (Å²) in [6, 6.07) is -0.769. The average molecular weight is 259 g/mol. The van der Waals surface area contributed by atoms with Gasteiger partial charge in [0.15, 0.2) is 0 Å². The number of carboxylic acid groups (broad SMARTS) is 2. The first-order valence-electron chi connectivity index (χ1n) is 5.14. The fraction of sp³-hybridized carbons (Fsp3) is 0.556. The molecule has 0 aliphatic carbocycles. The molecular formula is C9H13N3O6. The van der Waals surface area contributed by atoms with Crippen LogP contribution in [0.1, 0.15) is 0 Å². The van der Waals surface area contributed by atoms with Gasteiger partial charge in [-0.15, -0.1) is 0 Å². The minimum atomic E-state index is -1.31. The number of hydrogen-bond acceptors (Lipinski definition) is 4. The molecule has 3 N–H and O–H groups in total. The Kier molecular flexibility index (Phi) is 4.46. The summed E-state index contributed by atoms with van der Waals surface area (Å²) < 4.78 is 0. The van der Waals surface area contributed by atoms with E-state index in [1.165, 1.54) is 0 Å². The van der Waals surface area contributed by atoms with Crippen molar-refractivity contribution in [1.29, 1.82) is 0 Å². The van der Waals surface area contributed by atoms with Crippen molar-refractivity contribution < 1.29 is 29.4 Å². The lowest BCUT2D eigenvalue weighted by molar-refractivity contribution is -0.140. The van der Waals surface area contributed by atoms with Gasteiger partial charge in [-0.05, 0) is 0 Å². The highest BCUT2D eigenvalue weighted by Crippen LogP contribution is 2.02. The van der Waals surface area contributed by atoms with E-state index in [0.717, 1.165) is 4.90 Å². The SMILES string of the molecule is O=C(O)CN(CC(=O)O)C(=O)N1CCNC(=O)C1. The van der Waals surface area contributed by atoms with Crippen LogP contribution < -0.4 is 5.32 Å². The molecule has 100 valence electrons. The van der Waals surface area contributed by atoms with Crippen molar-refractivity contribution in [3.63, 3.8) is 0 Å². The molecule has 0 aromatic rings. The number of piperazine rings is 1. The Morgan fingerprint density at radius 3 is 2.22 bits per heavy atom. The molecule has 1 aliphatic rings. The molecular weight excluding hydrogens is 246 g/mol. The Morgan fingerprint density at radius 2 is 1.78 bits per heavy atom. The van der Waals surface area contributed by atoms with Crippen LogP contribution in [0.25, 0.3) is 0 Å². The van der Waals surface area contributed by atoms with E-state index in [1.54, 1.807) is 0 Å². The number of urea groups is 1. The Hall–Kier alpha value is -2.32. The summed E-state index contributed by atoms with van der Waals surface area (Å²) in [7, 11) is 0. The van der Waals surface area contributed by atoms with Gasteiger partial charge in [0.2, 0.25) is 5.91 Å². The summed E-state index contributed by atoms with van der Waals surface area (Å²) in [5.74, 6) is -2.99. The van der Waals surface area contributed by atoms with E-state index in [1.807, 2.05) is 0 Å². The third-order valence-electron chi connectivity index (χ3n) is 2.23. The highest BCUT2D eigenvalue weighted by atomic mass is 16.4. The van der Waals surface area contributed by atoms with Crippen LogP contribution in [0.4, 0.5) is 4.79 Å². The quantitative estimate of drug-likeness (QED) is 0.536. The first-order valence-corrected chi connectivity index (χ1v) is 5.14. The molecule has 18 heavy (non-hydrogen) atoms. The average Bonchev–Trinajstić information content (AvgIpc) is 2.26. The third-order valence-corrected chi connectivity index (χ3v) is 2.23. The predicted molar refractivity (Wildman–Crippen MR) is 56.8 cm³/mol. The smallest absolute Gasteiger partial charge is 0.323 e. The molecule has 0 aromatic carbocycles. The molecule has 9 heteroatoms. The van der Waals surface area contributed by atoms with Gasteiger partial charge in [0.1, 0.15) is 19.6 Å². The minimum Gasteiger partial charge on any atom is -0.480 e. The Balaban J connectivity index is 2.70. The molecule has 1 saturated heterocycles. The second-order valence-electron chi connectivity index (χ2n) is 3.70. The number of carbonyl (C=O) groups is 4. The van der Waals surface area contributed by atoms with Crippen LogP contribution in [0.3, 0.4) is 0 Å². The van der Waals surface area contributed by atoms with Gasteiger partial charge in [-0.2, -0.15) is 0 Å². The number of carbonyl (C=O) groups excluding carboxylic acids is 2. The Bertz CT molecular complexity index is 366. The van der Waals surface area contributed by atoms with Crippen LogP contribution in [0.5, 0.6) is 0 Å². The van der Waals surface area contributed by atoms with Crippen LogP contribution in [0.15, 0.2) is 0 Å². The molecule has 0 saturated carbocycles. The number of rotatable bonds is 4. The summed E-state index contributed by atoms with van der Waals surface area (Å²) >= 11 is 0. The van der Waals surface area contributed by atoms with Crippen molar-refractivity contribution >= 4 is 23.9 Å². The lowest BCUT2D eigenvalue weighted by atomic mass is 10.3. The van der Waals surface area contributed by atoms with Crippen LogP contribution in [-0.2, 0) is 14.4 Å². The van der Waals surface area contributed by atoms with Crippen LogP contribution in [0, 0.1) is 0 Å². The Morgan fingerprint density at radius 1 is 1.22 bits per heavy atom. The van der Waals surface area contributed by atoms with E-state index in [4.69, 9.17) is 10.2 Å². The standard InChI is InChI=1S/C9H13N3O6/c13-6-3-11(2-1-10-6)9(18)12(4-7(14)15)5-8(16)17/h1-5H2,(H,10,13)(H,14,15)(H,16,17). The molecule has 1 rings (SSSR count). The van der Waals surface area contributed by atoms with Crippen molar-refractivity contribution in [2.45, 2.75) is 0 Å². The van der Waals surface area contributed by atoms with E-state index >= 15 is 0 Å². The van der Waals surface area contributed by atoms with Gasteiger partial charge in [0, 0.05) is 13.1 Å². The lowest BCUT2D eigenvalue weighted by Gasteiger charge is -2.31. The maximum absolute atomic E-state index is 11.9. The van der Waals surface area contributed by atoms with Crippen molar-refractivity contribution in [2.24, 2.45) is 0 Å². The molecule has 9 nitrogen and oxygen atoms in total. The molecule has 0 unspecified atom stereocenters. The Labute approximate surface area is 102 Å². The van der Waals surface area contributed by atoms with Crippen molar-refractivity contribution in [3.8, 4) is 0 Å². The second kappa shape index (κ2) is 5.84. The number of nitrogens with one attached hydrogen (secondary N) is 1. The van der Waals surface area contributed by atoms with Gasteiger partial charge >= 0.3 is 18.0 Å². The first-order chi connectivity index (χ1) is 8.40. The van der Waals surface area contributed by atoms with Gasteiger partial charge in [-0.3, -0.25) is 14.4 Å². The second-order valence-corrected chi connectivity index (χ2v) is 3.70. The molecule has 0 atom stereocenters. The third kappa shape index (κ3) is 3.92. The number of nitrogens with zero attached hydrogens (tertiary/aromatic N) is 2. The summed E-state index contributed by atoms with van der Waals surface area (Å²) in [6.45, 7) is -1.15. The molecule has 3 amide bonds. The normalized spacial score (nSPS) is 14.9. The van der Waals surface area contributed by atoms with Gasteiger partial charge in [-0.1, -0.05) is 0 Å². The zero-order valence-corrected chi connectivity index (χ0v) is 9.46. The summed E-state index contributed by atoms with van der Waals surface area (Å²) in [5.41, 5.74) is 0. The van der Waals surface area contributed by atoms with Gasteiger partial charge in [0.25, 0.3) is 0 Å². The van der Waals surface area contributed by atoms with Crippen LogP contribution in [0.2, 0.25) is 0 Å². The minimum absolute atomic E-state index is 0.200. The fourth-order valence-electron chi connectivity index (χ4n) is 1.52. The van der Waals surface area contributed by atoms with Gasteiger partial charge < -0.3 is 25.3 Å². The molecule has 0 radical (unpaired) electrons. The predicted octanol–water partition coefficient (Wildman–Crippen LogP) is -1.99. The molecule has 1 heterocycles. The molecule has 0 spiro atoms. The zero-order chi connectivity index (χ0) is 13.7. The highest BCUT2D eigenvalue weighted by molar-refractivity contribution is 5.88. The van der Waals surface area contributed by atoms with E-state index in [0.29, 0.717) is 4.90 Å². The summed E-state index contributed by atoms with van der Waals surface area (Å²) in [5, 5.41) is 19.7. The van der Waals surface area contributed by atoms with Crippen molar-refractivity contribution in [1.82, 2.24) is 15.1 Å². The van der Waals surface area contributed by atoms with Crippen molar-refractivity contribution in [3.05, 3.63) is 0 Å². The van der Waals surface area contributed by atoms with E-state index in [-0.39, 0.29) is 25.5 Å². The van der Waals surface area contributed by atoms with E-state index in [2.05, 4.69) is 5.32 Å². The fourth-order valence-corrected chi connectivity index (χ4v) is 1.52. The maximum Gasteiger partial charge on any atom is 0.323 e. The molecule has 1 aliphatic heterocycles. The summed E-state index contributed by atoms with van der Waals surface area (Å²) in [6.07, 6.45) is 0. The first kappa shape index (κ1) is 13.7. The zero-order valence-electron chi connectivity index (χ0n) is 9.46. The molecule has 1 fully saturated rings. The number of carboxylic acids is 2.